The van der Waals surface area contributed by atoms with Crippen LogP contribution < -0.4 is 10.1 Å². The van der Waals surface area contributed by atoms with E-state index in [1.54, 1.807) is 13.3 Å². The third-order valence-electron chi connectivity index (χ3n) is 5.06. The maximum atomic E-state index is 10.0. The number of pyridine rings is 1. The van der Waals surface area contributed by atoms with Gasteiger partial charge in [0.05, 0.1) is 48.7 Å². The van der Waals surface area contributed by atoms with Crippen molar-refractivity contribution in [2.75, 3.05) is 45.8 Å². The molecule has 0 radical (unpaired) electrons. The van der Waals surface area contributed by atoms with Crippen molar-refractivity contribution in [1.82, 2.24) is 9.88 Å². The van der Waals surface area contributed by atoms with Crippen LogP contribution in [0.3, 0.4) is 0 Å². The fraction of sp³-hybridized carbons (Fsp3) is 0.500. The van der Waals surface area contributed by atoms with Crippen LogP contribution in [-0.4, -0.2) is 67.1 Å². The van der Waals surface area contributed by atoms with Crippen LogP contribution >= 0.6 is 11.6 Å². The largest absolute Gasteiger partial charge is 0.497 e. The highest BCUT2D eigenvalue weighted by molar-refractivity contribution is 6.34. The predicted molar refractivity (Wildman–Crippen MR) is 99.7 cm³/mol. The van der Waals surface area contributed by atoms with E-state index in [9.17, 15) is 5.11 Å². The topological polar surface area (TPSA) is 66.8 Å². The van der Waals surface area contributed by atoms with Crippen LogP contribution in [0.4, 0.5) is 5.69 Å². The van der Waals surface area contributed by atoms with Gasteiger partial charge in [-0.1, -0.05) is 11.6 Å². The molecule has 0 aliphatic carbocycles. The van der Waals surface area contributed by atoms with Crippen molar-refractivity contribution in [2.45, 2.75) is 18.5 Å². The number of ether oxygens (including phenoxy) is 2. The Balaban J connectivity index is 1.93. The summed E-state index contributed by atoms with van der Waals surface area (Å²) in [5.74, 6) is 0.739. The van der Waals surface area contributed by atoms with E-state index < -0.39 is 5.54 Å². The summed E-state index contributed by atoms with van der Waals surface area (Å²) in [6.07, 6.45) is 1.63. The first-order valence-corrected chi connectivity index (χ1v) is 8.66. The molecule has 7 heteroatoms. The third kappa shape index (κ3) is 3.40. The van der Waals surface area contributed by atoms with Crippen LogP contribution in [0.25, 0.3) is 10.9 Å². The Labute approximate surface area is 152 Å². The van der Waals surface area contributed by atoms with Crippen LogP contribution in [-0.2, 0) is 4.74 Å². The molecule has 1 aliphatic heterocycles. The zero-order chi connectivity index (χ0) is 18.0. The number of fused-ring (bicyclic) bond motifs is 1. The van der Waals surface area contributed by atoms with Crippen molar-refractivity contribution in [3.05, 3.63) is 29.4 Å². The number of aliphatic hydroxyl groups excluding tert-OH is 1. The van der Waals surface area contributed by atoms with Gasteiger partial charge in [-0.05, 0) is 32.2 Å². The fourth-order valence-corrected chi connectivity index (χ4v) is 3.41. The van der Waals surface area contributed by atoms with Gasteiger partial charge < -0.3 is 19.9 Å². The van der Waals surface area contributed by atoms with Gasteiger partial charge in [0.1, 0.15) is 5.75 Å². The lowest BCUT2D eigenvalue weighted by molar-refractivity contribution is -0.101. The van der Waals surface area contributed by atoms with E-state index in [1.165, 1.54) is 0 Å². The molecule has 25 heavy (non-hydrogen) atoms. The van der Waals surface area contributed by atoms with Gasteiger partial charge in [-0.15, -0.1) is 0 Å². The molecular weight excluding hydrogens is 342 g/mol. The van der Waals surface area contributed by atoms with E-state index in [0.29, 0.717) is 24.8 Å². The second-order valence-corrected chi connectivity index (χ2v) is 6.98. The summed E-state index contributed by atoms with van der Waals surface area (Å²) < 4.78 is 11.0. The van der Waals surface area contributed by atoms with Crippen LogP contribution in [0.15, 0.2) is 24.4 Å². The zero-order valence-corrected chi connectivity index (χ0v) is 15.5. The molecule has 2 aromatic rings. The minimum atomic E-state index is -0.505. The van der Waals surface area contributed by atoms with Gasteiger partial charge in [0, 0.05) is 24.2 Å². The highest BCUT2D eigenvalue weighted by Gasteiger charge is 2.40. The number of nitrogens with one attached hydrogen (secondary N) is 1. The Bertz CT molecular complexity index is 758. The first-order chi connectivity index (χ1) is 12.0. The van der Waals surface area contributed by atoms with Crippen molar-refractivity contribution in [3.63, 3.8) is 0 Å². The summed E-state index contributed by atoms with van der Waals surface area (Å²) in [5, 5.41) is 14.9. The van der Waals surface area contributed by atoms with E-state index in [2.05, 4.69) is 22.1 Å². The van der Waals surface area contributed by atoms with E-state index >= 15 is 0 Å². The lowest BCUT2D eigenvalue weighted by Crippen LogP contribution is -2.64. The van der Waals surface area contributed by atoms with Gasteiger partial charge in [0.2, 0.25) is 0 Å². The second kappa shape index (κ2) is 7.33. The molecule has 136 valence electrons. The first-order valence-electron chi connectivity index (χ1n) is 8.28. The average molecular weight is 366 g/mol. The van der Waals surface area contributed by atoms with Gasteiger partial charge in [0.15, 0.2) is 0 Å². The van der Waals surface area contributed by atoms with E-state index in [4.69, 9.17) is 21.1 Å². The molecular formula is C18H24ClN3O3. The van der Waals surface area contributed by atoms with Gasteiger partial charge in [-0.25, -0.2) is 0 Å². The number of nitrogens with zero attached hydrogens (tertiary/aromatic N) is 2. The number of benzene rings is 1. The molecule has 0 spiro atoms. The maximum absolute atomic E-state index is 10.0. The number of morpholine rings is 1. The minimum Gasteiger partial charge on any atom is -0.497 e. The quantitative estimate of drug-likeness (QED) is 0.848. The molecule has 2 heterocycles. The van der Waals surface area contributed by atoms with Crippen molar-refractivity contribution >= 4 is 28.2 Å². The predicted octanol–water partition coefficient (Wildman–Crippen LogP) is 2.39. The summed E-state index contributed by atoms with van der Waals surface area (Å²) >= 11 is 6.40. The molecule has 1 fully saturated rings. The summed E-state index contributed by atoms with van der Waals surface area (Å²) in [6, 6.07) is 5.90. The molecule has 3 rings (SSSR count). The summed E-state index contributed by atoms with van der Waals surface area (Å²) in [7, 11) is 3.64. The second-order valence-electron chi connectivity index (χ2n) is 6.58. The number of anilines is 1. The highest BCUT2D eigenvalue weighted by atomic mass is 35.5. The number of likely N-dealkylation sites (N-methyl/N-ethyl adjacent to an activating group) is 1. The molecule has 0 amide bonds. The Morgan fingerprint density at radius 2 is 2.32 bits per heavy atom. The van der Waals surface area contributed by atoms with E-state index in [1.807, 2.05) is 25.2 Å². The van der Waals surface area contributed by atoms with Crippen molar-refractivity contribution in [3.8, 4) is 5.75 Å². The molecule has 6 nitrogen and oxygen atoms in total. The van der Waals surface area contributed by atoms with Gasteiger partial charge >= 0.3 is 0 Å². The highest BCUT2D eigenvalue weighted by Crippen LogP contribution is 2.33. The number of aromatic nitrogens is 1. The molecule has 1 aromatic carbocycles. The Hall–Kier alpha value is -1.60. The van der Waals surface area contributed by atoms with Crippen LogP contribution in [0.2, 0.25) is 5.02 Å². The number of rotatable bonds is 5. The molecule has 0 unspecified atom stereocenters. The Morgan fingerprint density at radius 3 is 3.04 bits per heavy atom. The smallest absolute Gasteiger partial charge is 0.119 e. The van der Waals surface area contributed by atoms with E-state index in [0.717, 1.165) is 22.3 Å². The number of methoxy groups -OCH3 is 1. The van der Waals surface area contributed by atoms with Gasteiger partial charge in [-0.2, -0.15) is 0 Å². The SMILES string of the molecule is COc1ccc2ncc(Cl)c(NC[C@]3(CO)COC[C@@H](C)N3C)c2c1. The summed E-state index contributed by atoms with van der Waals surface area (Å²) in [6.45, 7) is 3.70. The molecule has 2 atom stereocenters. The van der Waals surface area contributed by atoms with Crippen molar-refractivity contribution in [1.29, 1.82) is 0 Å². The number of halogens is 1. The Morgan fingerprint density at radius 1 is 1.52 bits per heavy atom. The molecule has 1 aliphatic rings. The maximum Gasteiger partial charge on any atom is 0.119 e. The monoisotopic (exact) mass is 365 g/mol. The number of hydrogen-bond donors (Lipinski definition) is 2. The fourth-order valence-electron chi connectivity index (χ4n) is 3.20. The number of aliphatic hydroxyl groups is 1. The van der Waals surface area contributed by atoms with Crippen molar-refractivity contribution < 1.29 is 14.6 Å². The van der Waals surface area contributed by atoms with Gasteiger partial charge in [-0.3, -0.25) is 9.88 Å². The summed E-state index contributed by atoms with van der Waals surface area (Å²) in [5.41, 5.74) is 1.10. The molecule has 1 saturated heterocycles. The zero-order valence-electron chi connectivity index (χ0n) is 14.8. The van der Waals surface area contributed by atoms with Crippen LogP contribution in [0.1, 0.15) is 6.92 Å². The average Bonchev–Trinajstić information content (AvgIpc) is 2.63. The van der Waals surface area contributed by atoms with E-state index in [-0.39, 0.29) is 12.6 Å². The minimum absolute atomic E-state index is 0.00913. The van der Waals surface area contributed by atoms with Crippen molar-refractivity contribution in [2.24, 2.45) is 0 Å². The lowest BCUT2D eigenvalue weighted by Gasteiger charge is -2.47. The standard InChI is InChI=1S/C18H24ClN3O3/c1-12-8-25-11-18(10-23,22(12)2)9-21-17-14-6-13(24-3)4-5-16(14)20-7-15(17)19/h4-7,12,23H,8-11H2,1-3H3,(H,20,21)/t12-,18+/m1/s1. The lowest BCUT2D eigenvalue weighted by atomic mass is 9.95. The molecule has 0 saturated carbocycles. The molecule has 2 N–H and O–H groups in total. The Kier molecular flexibility index (Phi) is 5.34. The number of hydrogen-bond acceptors (Lipinski definition) is 6. The van der Waals surface area contributed by atoms with Crippen LogP contribution in [0.5, 0.6) is 5.75 Å². The van der Waals surface area contributed by atoms with Crippen LogP contribution in [0, 0.1) is 0 Å². The third-order valence-corrected chi connectivity index (χ3v) is 5.34. The molecule has 0 bridgehead atoms. The molecule has 1 aromatic heterocycles. The summed E-state index contributed by atoms with van der Waals surface area (Å²) in [4.78, 5) is 6.53. The normalized spacial score (nSPS) is 24.4. The first kappa shape index (κ1) is 18.2. The van der Waals surface area contributed by atoms with Gasteiger partial charge in [0.25, 0.3) is 0 Å².